The number of rotatable bonds is 7. The number of carbonyl (C=O) groups excluding carboxylic acids is 5. The highest BCUT2D eigenvalue weighted by Gasteiger charge is 2.44. The van der Waals surface area contributed by atoms with Gasteiger partial charge in [0.15, 0.2) is 0 Å². The molecule has 0 aliphatic carbocycles. The summed E-state index contributed by atoms with van der Waals surface area (Å²) < 4.78 is 5.60. The molecule has 0 spiro atoms. The lowest BCUT2D eigenvalue weighted by Crippen LogP contribution is -2.54. The molecular formula is C28H30N4O6. The first kappa shape index (κ1) is 25.6. The van der Waals surface area contributed by atoms with E-state index in [4.69, 9.17) is 4.74 Å². The number of hydrogen-bond acceptors (Lipinski definition) is 7. The van der Waals surface area contributed by atoms with E-state index in [1.165, 1.54) is 0 Å². The quantitative estimate of drug-likeness (QED) is 0.555. The molecule has 5 amide bonds. The minimum absolute atomic E-state index is 0.0241. The predicted molar refractivity (Wildman–Crippen MR) is 137 cm³/mol. The monoisotopic (exact) mass is 518 g/mol. The van der Waals surface area contributed by atoms with E-state index in [2.05, 4.69) is 10.2 Å². The second-order valence-corrected chi connectivity index (χ2v) is 9.88. The Bertz CT molecular complexity index is 1270. The molecule has 0 aromatic heterocycles. The Kier molecular flexibility index (Phi) is 7.24. The van der Waals surface area contributed by atoms with Gasteiger partial charge in [-0.2, -0.15) is 0 Å². The molecule has 10 heteroatoms. The predicted octanol–water partition coefficient (Wildman–Crippen LogP) is 1.73. The number of imide groups is 2. The van der Waals surface area contributed by atoms with Crippen molar-refractivity contribution in [3.05, 3.63) is 65.2 Å². The lowest BCUT2D eigenvalue weighted by molar-refractivity contribution is -0.138. The van der Waals surface area contributed by atoms with Gasteiger partial charge in [-0.25, -0.2) is 0 Å². The van der Waals surface area contributed by atoms with Gasteiger partial charge < -0.3 is 14.5 Å². The third-order valence-corrected chi connectivity index (χ3v) is 7.53. The van der Waals surface area contributed by atoms with E-state index in [0.717, 1.165) is 29.0 Å². The van der Waals surface area contributed by atoms with Crippen LogP contribution in [0, 0.1) is 0 Å². The third-order valence-electron chi connectivity index (χ3n) is 7.53. The van der Waals surface area contributed by atoms with Crippen LogP contribution >= 0.6 is 0 Å². The van der Waals surface area contributed by atoms with E-state index in [-0.39, 0.29) is 42.5 Å². The summed E-state index contributed by atoms with van der Waals surface area (Å²) in [5.74, 6) is -2.12. The average molecular weight is 519 g/mol. The van der Waals surface area contributed by atoms with Gasteiger partial charge in [-0.1, -0.05) is 30.3 Å². The van der Waals surface area contributed by atoms with Crippen molar-refractivity contribution in [1.29, 1.82) is 0 Å². The van der Waals surface area contributed by atoms with E-state index in [1.54, 1.807) is 24.1 Å². The highest BCUT2D eigenvalue weighted by molar-refractivity contribution is 6.23. The lowest BCUT2D eigenvalue weighted by Gasteiger charge is -2.38. The first-order chi connectivity index (χ1) is 18.3. The highest BCUT2D eigenvalue weighted by atomic mass is 16.5. The Morgan fingerprint density at radius 3 is 2.39 bits per heavy atom. The maximum atomic E-state index is 13.1. The summed E-state index contributed by atoms with van der Waals surface area (Å²) in [7, 11) is 1.80. The second-order valence-electron chi connectivity index (χ2n) is 9.88. The fourth-order valence-corrected chi connectivity index (χ4v) is 5.30. The number of amides is 5. The van der Waals surface area contributed by atoms with Crippen LogP contribution in [0.4, 0.5) is 5.69 Å². The molecular weight excluding hydrogens is 488 g/mol. The van der Waals surface area contributed by atoms with Crippen molar-refractivity contribution >= 4 is 35.2 Å². The van der Waals surface area contributed by atoms with Crippen molar-refractivity contribution in [3.63, 3.8) is 0 Å². The number of likely N-dealkylation sites (N-methyl/N-ethyl adjacent to an activating group) is 1. The van der Waals surface area contributed by atoms with Crippen molar-refractivity contribution in [2.45, 2.75) is 44.4 Å². The summed E-state index contributed by atoms with van der Waals surface area (Å²) in [6, 6.07) is 14.0. The van der Waals surface area contributed by atoms with Crippen LogP contribution in [-0.2, 0) is 25.7 Å². The number of carbonyl (C=O) groups is 5. The summed E-state index contributed by atoms with van der Waals surface area (Å²) in [5, 5.41) is 2.21. The molecule has 2 aromatic carbocycles. The number of nitrogens with zero attached hydrogens (tertiary/aromatic N) is 3. The molecule has 198 valence electrons. The smallest absolute Gasteiger partial charge is 0.262 e. The largest absolute Gasteiger partial charge is 0.371 e. The van der Waals surface area contributed by atoms with Crippen LogP contribution in [0.3, 0.4) is 0 Å². The SMILES string of the molecule is CN(C(=O)COCc1ccccc1)C1CCN(c2ccc3c(c2)C(=O)N(C2CCC(=O)NC2=O)C3=O)CC1. The first-order valence-corrected chi connectivity index (χ1v) is 12.8. The summed E-state index contributed by atoms with van der Waals surface area (Å²) >= 11 is 0. The molecule has 0 radical (unpaired) electrons. The molecule has 3 aliphatic rings. The first-order valence-electron chi connectivity index (χ1n) is 12.8. The summed E-state index contributed by atoms with van der Waals surface area (Å²) in [5.41, 5.74) is 2.36. The van der Waals surface area contributed by atoms with E-state index in [1.807, 2.05) is 36.4 Å². The fourth-order valence-electron chi connectivity index (χ4n) is 5.30. The van der Waals surface area contributed by atoms with Gasteiger partial charge in [-0.15, -0.1) is 0 Å². The van der Waals surface area contributed by atoms with E-state index >= 15 is 0 Å². The molecule has 3 aliphatic heterocycles. The molecule has 1 unspecified atom stereocenters. The molecule has 2 aromatic rings. The van der Waals surface area contributed by atoms with Crippen molar-refractivity contribution < 1.29 is 28.7 Å². The molecule has 0 saturated carbocycles. The van der Waals surface area contributed by atoms with E-state index in [0.29, 0.717) is 19.7 Å². The van der Waals surface area contributed by atoms with E-state index < -0.39 is 29.7 Å². The number of fused-ring (bicyclic) bond motifs is 1. The molecule has 1 N–H and O–H groups in total. The molecule has 2 saturated heterocycles. The molecule has 38 heavy (non-hydrogen) atoms. The molecule has 5 rings (SSSR count). The van der Waals surface area contributed by atoms with Crippen molar-refractivity contribution in [2.24, 2.45) is 0 Å². The van der Waals surface area contributed by atoms with Gasteiger partial charge in [0.1, 0.15) is 12.6 Å². The fraction of sp³-hybridized carbons (Fsp3) is 0.393. The van der Waals surface area contributed by atoms with E-state index in [9.17, 15) is 24.0 Å². The van der Waals surface area contributed by atoms with Crippen molar-refractivity contribution in [2.75, 3.05) is 31.6 Å². The Morgan fingerprint density at radius 1 is 0.974 bits per heavy atom. The minimum atomic E-state index is -0.982. The molecule has 3 heterocycles. The normalized spacial score (nSPS) is 20.0. The third kappa shape index (κ3) is 5.04. The van der Waals surface area contributed by atoms with Crippen molar-refractivity contribution in [1.82, 2.24) is 15.1 Å². The van der Waals surface area contributed by atoms with Crippen LogP contribution in [0.2, 0.25) is 0 Å². The van der Waals surface area contributed by atoms with Gasteiger partial charge in [0.2, 0.25) is 17.7 Å². The maximum Gasteiger partial charge on any atom is 0.262 e. The van der Waals surface area contributed by atoms with Crippen LogP contribution in [0.5, 0.6) is 0 Å². The number of nitrogens with one attached hydrogen (secondary N) is 1. The van der Waals surface area contributed by atoms with Crippen molar-refractivity contribution in [3.8, 4) is 0 Å². The zero-order chi connectivity index (χ0) is 26.8. The Morgan fingerprint density at radius 2 is 1.68 bits per heavy atom. The summed E-state index contributed by atoms with van der Waals surface area (Å²) in [6.07, 6.45) is 1.72. The zero-order valence-corrected chi connectivity index (χ0v) is 21.2. The maximum absolute atomic E-state index is 13.1. The minimum Gasteiger partial charge on any atom is -0.371 e. The summed E-state index contributed by atoms with van der Waals surface area (Å²) in [6.45, 7) is 1.78. The topological polar surface area (TPSA) is 116 Å². The van der Waals surface area contributed by atoms with Crippen LogP contribution in [-0.4, -0.2) is 78.2 Å². The van der Waals surface area contributed by atoms with Gasteiger partial charge in [-0.05, 0) is 43.0 Å². The lowest BCUT2D eigenvalue weighted by atomic mass is 10.0. The average Bonchev–Trinajstić information content (AvgIpc) is 3.18. The summed E-state index contributed by atoms with van der Waals surface area (Å²) in [4.78, 5) is 67.3. The van der Waals surface area contributed by atoms with Gasteiger partial charge >= 0.3 is 0 Å². The zero-order valence-electron chi connectivity index (χ0n) is 21.2. The van der Waals surface area contributed by atoms with Crippen LogP contribution in [0.25, 0.3) is 0 Å². The number of hydrogen-bond donors (Lipinski definition) is 1. The Balaban J connectivity index is 1.17. The van der Waals surface area contributed by atoms with Gasteiger partial charge in [-0.3, -0.25) is 34.2 Å². The van der Waals surface area contributed by atoms with Crippen LogP contribution < -0.4 is 10.2 Å². The number of ether oxygens (including phenoxy) is 1. The molecule has 0 bridgehead atoms. The van der Waals surface area contributed by atoms with Crippen LogP contribution in [0.1, 0.15) is 52.0 Å². The molecule has 2 fully saturated rings. The standard InChI is InChI=1S/C28H30N4O6/c1-30(25(34)17-38-16-18-5-3-2-4-6-18)19-11-13-31(14-12-19)20-7-8-21-22(15-20)28(37)32(27(21)36)23-9-10-24(33)29-26(23)35/h2-8,15,19,23H,9-14,16-17H2,1H3,(H,29,33,35). The number of anilines is 1. The van der Waals surface area contributed by atoms with Crippen LogP contribution in [0.15, 0.2) is 48.5 Å². The molecule has 10 nitrogen and oxygen atoms in total. The highest BCUT2D eigenvalue weighted by Crippen LogP contribution is 2.32. The van der Waals surface area contributed by atoms with Gasteiger partial charge in [0.25, 0.3) is 11.8 Å². The van der Waals surface area contributed by atoms with Gasteiger partial charge in [0.05, 0.1) is 17.7 Å². The Labute approximate surface area is 220 Å². The number of benzene rings is 2. The second kappa shape index (κ2) is 10.7. The molecule has 1 atom stereocenters. The van der Waals surface area contributed by atoms with Gasteiger partial charge in [0, 0.05) is 38.3 Å². The Hall–Kier alpha value is -4.05. The number of piperidine rings is 2.